The second kappa shape index (κ2) is 5.95. The van der Waals surface area contributed by atoms with Crippen molar-refractivity contribution in [1.82, 2.24) is 20.0 Å². The number of rotatable bonds is 4. The Morgan fingerprint density at radius 2 is 2.18 bits per heavy atom. The van der Waals surface area contributed by atoms with Gasteiger partial charge in [-0.1, -0.05) is 16.8 Å². The van der Waals surface area contributed by atoms with E-state index in [4.69, 9.17) is 16.3 Å². The predicted octanol–water partition coefficient (Wildman–Crippen LogP) is 2.80. The molecule has 0 saturated carbocycles. The molecule has 0 fully saturated rings. The number of methoxy groups -OCH3 is 1. The number of hydrogen-bond donors (Lipinski definition) is 0. The molecule has 7 heteroatoms. The summed E-state index contributed by atoms with van der Waals surface area (Å²) in [5.74, 6) is 0.567. The van der Waals surface area contributed by atoms with E-state index in [2.05, 4.69) is 15.3 Å². The molecule has 0 aliphatic rings. The first-order valence-corrected chi connectivity index (χ1v) is 6.77. The average molecular weight is 315 g/mol. The molecule has 22 heavy (non-hydrogen) atoms. The largest absolute Gasteiger partial charge is 0.494 e. The standard InChI is InChI=1S/C15H11ClN4O2/c1-22-14-5-4-11(16)7-13(14)20-15(12(9-21)18-19-20)10-3-2-6-17-8-10/h2-9H,1H3. The van der Waals surface area contributed by atoms with Crippen molar-refractivity contribution in [2.75, 3.05) is 7.11 Å². The minimum absolute atomic E-state index is 0.218. The van der Waals surface area contributed by atoms with Crippen LogP contribution in [-0.2, 0) is 0 Å². The third-order valence-electron chi connectivity index (χ3n) is 3.11. The highest BCUT2D eigenvalue weighted by Crippen LogP contribution is 2.30. The number of pyridine rings is 1. The number of aromatic nitrogens is 4. The van der Waals surface area contributed by atoms with Gasteiger partial charge in [-0.05, 0) is 30.3 Å². The number of carbonyl (C=O) groups excluding carboxylic acids is 1. The lowest BCUT2D eigenvalue weighted by atomic mass is 10.1. The molecule has 110 valence electrons. The molecular weight excluding hydrogens is 304 g/mol. The van der Waals surface area contributed by atoms with Crippen molar-refractivity contribution in [3.63, 3.8) is 0 Å². The Bertz CT molecular complexity index is 818. The van der Waals surface area contributed by atoms with Crippen molar-refractivity contribution in [2.45, 2.75) is 0 Å². The molecule has 2 aromatic heterocycles. The van der Waals surface area contributed by atoms with Crippen LogP contribution < -0.4 is 4.74 Å². The summed E-state index contributed by atoms with van der Waals surface area (Å²) in [5, 5.41) is 8.49. The van der Waals surface area contributed by atoms with Gasteiger partial charge in [0.05, 0.1) is 7.11 Å². The molecule has 1 aromatic carbocycles. The molecule has 0 saturated heterocycles. The summed E-state index contributed by atoms with van der Waals surface area (Å²) in [4.78, 5) is 15.3. The Morgan fingerprint density at radius 1 is 1.32 bits per heavy atom. The number of ether oxygens (including phenoxy) is 1. The average Bonchev–Trinajstić information content (AvgIpc) is 2.99. The Hall–Kier alpha value is -2.73. The Kier molecular flexibility index (Phi) is 3.84. The molecule has 3 aromatic rings. The fourth-order valence-electron chi connectivity index (χ4n) is 2.14. The number of carbonyl (C=O) groups is 1. The molecule has 0 aliphatic carbocycles. The van der Waals surface area contributed by atoms with E-state index < -0.39 is 0 Å². The van der Waals surface area contributed by atoms with Crippen molar-refractivity contribution < 1.29 is 9.53 Å². The summed E-state index contributed by atoms with van der Waals surface area (Å²) < 4.78 is 6.86. The topological polar surface area (TPSA) is 69.9 Å². The van der Waals surface area contributed by atoms with E-state index in [1.807, 2.05) is 6.07 Å². The maximum atomic E-state index is 11.3. The number of aldehydes is 1. The summed E-state index contributed by atoms with van der Waals surface area (Å²) in [5.41, 5.74) is 2.06. The van der Waals surface area contributed by atoms with Crippen LogP contribution in [0.2, 0.25) is 5.02 Å². The van der Waals surface area contributed by atoms with Gasteiger partial charge in [0.1, 0.15) is 17.1 Å². The SMILES string of the molecule is COc1ccc(Cl)cc1-n1nnc(C=O)c1-c1cccnc1. The summed E-state index contributed by atoms with van der Waals surface area (Å²) >= 11 is 6.06. The minimum atomic E-state index is 0.218. The third-order valence-corrected chi connectivity index (χ3v) is 3.35. The van der Waals surface area contributed by atoms with Crippen LogP contribution in [0.1, 0.15) is 10.5 Å². The first-order valence-electron chi connectivity index (χ1n) is 6.40. The molecule has 0 N–H and O–H groups in total. The Labute approximate surface area is 131 Å². The van der Waals surface area contributed by atoms with Crippen molar-refractivity contribution in [1.29, 1.82) is 0 Å². The highest BCUT2D eigenvalue weighted by atomic mass is 35.5. The summed E-state index contributed by atoms with van der Waals surface area (Å²) in [6, 6.07) is 8.74. The van der Waals surface area contributed by atoms with E-state index in [0.29, 0.717) is 28.4 Å². The summed E-state index contributed by atoms with van der Waals surface area (Å²) in [7, 11) is 1.55. The Morgan fingerprint density at radius 3 is 2.86 bits per heavy atom. The van der Waals surface area contributed by atoms with E-state index in [-0.39, 0.29) is 5.69 Å². The van der Waals surface area contributed by atoms with Gasteiger partial charge >= 0.3 is 0 Å². The van der Waals surface area contributed by atoms with Gasteiger partial charge in [-0.3, -0.25) is 9.78 Å². The van der Waals surface area contributed by atoms with Crippen LogP contribution >= 0.6 is 11.6 Å². The minimum Gasteiger partial charge on any atom is -0.494 e. The Balaban J connectivity index is 2.27. The van der Waals surface area contributed by atoms with Crippen LogP contribution in [0.25, 0.3) is 16.9 Å². The molecule has 0 unspecified atom stereocenters. The zero-order valence-corrected chi connectivity index (χ0v) is 12.4. The lowest BCUT2D eigenvalue weighted by Gasteiger charge is -2.11. The number of halogens is 1. The second-order valence-electron chi connectivity index (χ2n) is 4.41. The lowest BCUT2D eigenvalue weighted by Crippen LogP contribution is -2.03. The van der Waals surface area contributed by atoms with E-state index in [1.54, 1.807) is 43.8 Å². The number of nitrogens with zero attached hydrogens (tertiary/aromatic N) is 4. The maximum Gasteiger partial charge on any atom is 0.172 e. The summed E-state index contributed by atoms with van der Waals surface area (Å²) in [6.07, 6.45) is 3.94. The van der Waals surface area contributed by atoms with E-state index in [1.165, 1.54) is 4.68 Å². The molecular formula is C15H11ClN4O2. The van der Waals surface area contributed by atoms with Crippen LogP contribution in [0, 0.1) is 0 Å². The highest BCUT2D eigenvalue weighted by Gasteiger charge is 2.18. The maximum absolute atomic E-state index is 11.3. The van der Waals surface area contributed by atoms with Gasteiger partial charge in [0.2, 0.25) is 0 Å². The third kappa shape index (κ3) is 2.44. The molecule has 6 nitrogen and oxygen atoms in total. The van der Waals surface area contributed by atoms with Gasteiger partial charge in [-0.15, -0.1) is 5.10 Å². The molecule has 2 heterocycles. The van der Waals surface area contributed by atoms with Crippen LogP contribution in [0.15, 0.2) is 42.7 Å². The van der Waals surface area contributed by atoms with E-state index in [0.717, 1.165) is 5.56 Å². The molecule has 0 amide bonds. The smallest absolute Gasteiger partial charge is 0.172 e. The van der Waals surface area contributed by atoms with Crippen molar-refractivity contribution >= 4 is 17.9 Å². The zero-order valence-electron chi connectivity index (χ0n) is 11.6. The first-order chi connectivity index (χ1) is 10.7. The number of hydrogen-bond acceptors (Lipinski definition) is 5. The lowest BCUT2D eigenvalue weighted by molar-refractivity contribution is 0.111. The van der Waals surface area contributed by atoms with Gasteiger partial charge in [-0.2, -0.15) is 0 Å². The molecule has 0 spiro atoms. The zero-order chi connectivity index (χ0) is 15.5. The van der Waals surface area contributed by atoms with Crippen molar-refractivity contribution in [3.05, 3.63) is 53.4 Å². The fraction of sp³-hybridized carbons (Fsp3) is 0.0667. The molecule has 0 bridgehead atoms. The first kappa shape index (κ1) is 14.2. The van der Waals surface area contributed by atoms with E-state index in [9.17, 15) is 4.79 Å². The fourth-order valence-corrected chi connectivity index (χ4v) is 2.31. The van der Waals surface area contributed by atoms with Crippen molar-refractivity contribution in [3.8, 4) is 22.7 Å². The van der Waals surface area contributed by atoms with Gasteiger partial charge in [0, 0.05) is 23.0 Å². The van der Waals surface area contributed by atoms with Crippen LogP contribution in [-0.4, -0.2) is 33.4 Å². The molecule has 0 radical (unpaired) electrons. The quantitative estimate of drug-likeness (QED) is 0.693. The normalized spacial score (nSPS) is 10.5. The molecule has 0 atom stereocenters. The molecule has 0 aliphatic heterocycles. The van der Waals surface area contributed by atoms with Gasteiger partial charge in [-0.25, -0.2) is 4.68 Å². The predicted molar refractivity (Wildman–Crippen MR) is 81.5 cm³/mol. The molecule has 3 rings (SSSR count). The van der Waals surface area contributed by atoms with Crippen LogP contribution in [0.3, 0.4) is 0 Å². The van der Waals surface area contributed by atoms with Crippen LogP contribution in [0.4, 0.5) is 0 Å². The number of benzene rings is 1. The van der Waals surface area contributed by atoms with Gasteiger partial charge < -0.3 is 4.74 Å². The van der Waals surface area contributed by atoms with Gasteiger partial charge in [0.15, 0.2) is 12.0 Å². The monoisotopic (exact) mass is 314 g/mol. The van der Waals surface area contributed by atoms with Gasteiger partial charge in [0.25, 0.3) is 0 Å². The summed E-state index contributed by atoms with van der Waals surface area (Å²) in [6.45, 7) is 0. The van der Waals surface area contributed by atoms with Crippen LogP contribution in [0.5, 0.6) is 5.75 Å². The van der Waals surface area contributed by atoms with Crippen molar-refractivity contribution in [2.24, 2.45) is 0 Å². The highest BCUT2D eigenvalue weighted by molar-refractivity contribution is 6.30. The van der Waals surface area contributed by atoms with E-state index >= 15 is 0 Å². The second-order valence-corrected chi connectivity index (χ2v) is 4.85.